The molecule has 1 aliphatic heterocycles. The van der Waals surface area contributed by atoms with E-state index in [2.05, 4.69) is 83.4 Å². The molecule has 0 saturated carbocycles. The number of carbonyl (C=O) groups excluding carboxylic acids is 1. The molecule has 0 unspecified atom stereocenters. The maximum atomic E-state index is 15.2. The first-order chi connectivity index (χ1) is 25.4. The van der Waals surface area contributed by atoms with E-state index in [4.69, 9.17) is 5.41 Å². The molecule has 0 bridgehead atoms. The van der Waals surface area contributed by atoms with Gasteiger partial charge in [0.25, 0.3) is 5.91 Å². The molecule has 8 heteroatoms. The summed E-state index contributed by atoms with van der Waals surface area (Å²) in [5, 5.41) is 14.5. The molecule has 2 N–H and O–H groups in total. The van der Waals surface area contributed by atoms with Crippen LogP contribution >= 0.6 is 0 Å². The number of halogens is 1. The second-order valence-corrected chi connectivity index (χ2v) is 12.7. The number of nitrogens with zero attached hydrogens (tertiary/aromatic N) is 3. The molecule has 1 aliphatic rings. The third-order valence-corrected chi connectivity index (χ3v) is 9.11. The third kappa shape index (κ3) is 8.97. The molecule has 0 atom stereocenters. The largest absolute Gasteiger partial charge is 2.00 e. The first kappa shape index (κ1) is 37.3. The molecule has 258 valence electrons. The second kappa shape index (κ2) is 17.4. The van der Waals surface area contributed by atoms with Crippen molar-refractivity contribution in [2.75, 3.05) is 4.90 Å². The van der Waals surface area contributed by atoms with Crippen LogP contribution in [0.2, 0.25) is 0 Å². The Labute approximate surface area is 333 Å². The summed E-state index contributed by atoms with van der Waals surface area (Å²) in [5.74, 6) is -0.261. The molecule has 6 aromatic carbocycles. The fourth-order valence-corrected chi connectivity index (χ4v) is 6.40. The van der Waals surface area contributed by atoms with E-state index in [0.717, 1.165) is 69.8 Å². The Morgan fingerprint density at radius 2 is 1.58 bits per heavy atom. The quantitative estimate of drug-likeness (QED) is 0.0422. The Morgan fingerprint density at radius 3 is 2.34 bits per heavy atom. The van der Waals surface area contributed by atoms with Crippen molar-refractivity contribution >= 4 is 46.4 Å². The summed E-state index contributed by atoms with van der Waals surface area (Å²) >= 11 is 0. The van der Waals surface area contributed by atoms with Crippen molar-refractivity contribution in [1.29, 1.82) is 5.41 Å². The van der Waals surface area contributed by atoms with Gasteiger partial charge >= 0.3 is 31.1 Å². The van der Waals surface area contributed by atoms with Gasteiger partial charge in [-0.2, -0.15) is 18.2 Å². The van der Waals surface area contributed by atoms with Crippen LogP contribution in [0.15, 0.2) is 144 Å². The summed E-state index contributed by atoms with van der Waals surface area (Å²) in [6.07, 6.45) is 10.8. The molecule has 0 fully saturated rings. The number of hydrogen-bond donors (Lipinski definition) is 2. The summed E-state index contributed by atoms with van der Waals surface area (Å²) in [5.41, 5.74) is 11.8. The standard InChI is InChI=1S/C45H36FN5O.U/c1-2-6-32-12-22-42(43(46)25-32)38-19-16-34(39(27-38)29-49-50-30-48-40-7-4-3-5-8-40)15-11-31-9-13-33(14-10-31)35-17-18-37-28-41(21-20-36(37)26-35)51-44(47)23-24-45(51)52;/h3-5,7,9-10,12-14,16-29,47H,2,6,11,15H2,1H3,(H,48,50);/q-2;+2/b47-44?,49-29+;. The zero-order valence-corrected chi connectivity index (χ0v) is 33.4. The number of aryl methyl sites for hydroxylation is 3. The van der Waals surface area contributed by atoms with E-state index >= 15 is 4.39 Å². The van der Waals surface area contributed by atoms with Gasteiger partial charge in [-0.05, 0) is 105 Å². The molecule has 7 rings (SSSR count). The first-order valence-electron chi connectivity index (χ1n) is 17.3. The van der Waals surface area contributed by atoms with Crippen molar-refractivity contribution in [2.24, 2.45) is 10.1 Å². The van der Waals surface area contributed by atoms with Gasteiger partial charge in [0, 0.05) is 11.6 Å². The number of hydrazone groups is 1. The molecule has 6 nitrogen and oxygen atoms in total. The number of amidine groups is 1. The van der Waals surface area contributed by atoms with Gasteiger partial charge < -0.3 is 10.4 Å². The topological polar surface area (TPSA) is 80.9 Å². The predicted octanol–water partition coefficient (Wildman–Crippen LogP) is 9.89. The molecule has 1 heterocycles. The molecule has 0 aliphatic carbocycles. The number of aliphatic imine (C=N–C) groups is 1. The number of anilines is 1. The van der Waals surface area contributed by atoms with Gasteiger partial charge in [0.1, 0.15) is 11.7 Å². The Morgan fingerprint density at radius 1 is 0.811 bits per heavy atom. The first-order valence-corrected chi connectivity index (χ1v) is 17.3. The SMILES string of the molecule is CCCc1ccc(-c2ccc(CCc3ccc(-c4ccc5cc(N6C(=N)C=CC6=O)ccc5c4)cc3)c(/C=N/N[C-]=Nc3[c-]cccc3)c2)c(F)c1.[U+2]. The van der Waals surface area contributed by atoms with E-state index < -0.39 is 0 Å². The zero-order valence-electron chi connectivity index (χ0n) is 29.2. The van der Waals surface area contributed by atoms with Crippen LogP contribution in [0.5, 0.6) is 0 Å². The number of amides is 1. The van der Waals surface area contributed by atoms with Crippen LogP contribution < -0.4 is 10.3 Å². The molecule has 0 radical (unpaired) electrons. The van der Waals surface area contributed by atoms with Crippen molar-refractivity contribution in [2.45, 2.75) is 32.6 Å². The summed E-state index contributed by atoms with van der Waals surface area (Å²) < 4.78 is 15.2. The molecule has 53 heavy (non-hydrogen) atoms. The summed E-state index contributed by atoms with van der Waals surface area (Å²) in [4.78, 5) is 17.8. The minimum atomic E-state index is -0.229. The molecule has 1 amide bonds. The fraction of sp³-hybridized carbons (Fsp3) is 0.111. The van der Waals surface area contributed by atoms with Crippen LogP contribution in [0.25, 0.3) is 33.0 Å². The van der Waals surface area contributed by atoms with Crippen molar-refractivity contribution in [3.8, 4) is 22.3 Å². The monoisotopic (exact) mass is 919 g/mol. The van der Waals surface area contributed by atoms with Gasteiger partial charge in [0.15, 0.2) is 0 Å². The van der Waals surface area contributed by atoms with Gasteiger partial charge in [0.2, 0.25) is 0 Å². The van der Waals surface area contributed by atoms with Gasteiger partial charge in [-0.3, -0.25) is 21.2 Å². The van der Waals surface area contributed by atoms with Crippen molar-refractivity contribution < 1.29 is 40.3 Å². The molecule has 6 aromatic rings. The Balaban J connectivity index is 0.00000481. The Kier molecular flexibility index (Phi) is 12.3. The predicted molar refractivity (Wildman–Crippen MR) is 210 cm³/mol. The number of fused-ring (bicyclic) bond motifs is 1. The number of nitrogens with one attached hydrogen (secondary N) is 2. The van der Waals surface area contributed by atoms with Gasteiger partial charge in [-0.1, -0.05) is 86.4 Å². The van der Waals surface area contributed by atoms with E-state index in [0.29, 0.717) is 16.9 Å². The third-order valence-electron chi connectivity index (χ3n) is 9.11. The van der Waals surface area contributed by atoms with Crippen LogP contribution in [0.4, 0.5) is 15.8 Å². The molecular weight excluding hydrogens is 884 g/mol. The number of para-hydroxylation sites is 1. The van der Waals surface area contributed by atoms with Crippen LogP contribution in [-0.2, 0) is 24.1 Å². The number of benzene rings is 6. The van der Waals surface area contributed by atoms with E-state index in [1.807, 2.05) is 60.7 Å². The van der Waals surface area contributed by atoms with Gasteiger partial charge in [-0.25, -0.2) is 21.2 Å². The summed E-state index contributed by atoms with van der Waals surface area (Å²) in [7, 11) is 0. The smallest absolute Gasteiger partial charge is 0.459 e. The second-order valence-electron chi connectivity index (χ2n) is 12.7. The zero-order chi connectivity index (χ0) is 35.9. The van der Waals surface area contributed by atoms with E-state index in [-0.39, 0.29) is 48.7 Å². The van der Waals surface area contributed by atoms with Crippen molar-refractivity contribution in [3.63, 3.8) is 0 Å². The number of hydrogen-bond acceptors (Lipinski definition) is 4. The van der Waals surface area contributed by atoms with Crippen LogP contribution in [0.1, 0.15) is 35.6 Å². The maximum Gasteiger partial charge on any atom is 2.00 e. The van der Waals surface area contributed by atoms with Gasteiger partial charge in [0.05, 0.1) is 11.9 Å². The maximum absolute atomic E-state index is 15.2. The van der Waals surface area contributed by atoms with E-state index in [1.165, 1.54) is 22.6 Å². The van der Waals surface area contributed by atoms with Crippen LogP contribution in [0.3, 0.4) is 0 Å². The fourth-order valence-electron chi connectivity index (χ4n) is 6.40. The minimum Gasteiger partial charge on any atom is -0.459 e. The molecular formula is C45H36FN5OU. The van der Waals surface area contributed by atoms with Crippen molar-refractivity contribution in [3.05, 3.63) is 168 Å². The minimum absolute atomic E-state index is 0. The summed E-state index contributed by atoms with van der Waals surface area (Å²) in [6.45, 7) is 2.09. The number of rotatable bonds is 12. The Bertz CT molecular complexity index is 2330. The molecule has 0 saturated heterocycles. The van der Waals surface area contributed by atoms with Crippen LogP contribution in [0, 0.1) is 48.4 Å². The van der Waals surface area contributed by atoms with Gasteiger partial charge in [-0.15, -0.1) is 0 Å². The van der Waals surface area contributed by atoms with Crippen LogP contribution in [-0.4, -0.2) is 24.3 Å². The summed E-state index contributed by atoms with van der Waals surface area (Å²) in [6, 6.07) is 42.6. The number of carbonyl (C=O) groups is 1. The average Bonchev–Trinajstić information content (AvgIpc) is 3.51. The van der Waals surface area contributed by atoms with Crippen molar-refractivity contribution in [1.82, 2.24) is 5.43 Å². The Hall–Kier alpha value is -5.42. The van der Waals surface area contributed by atoms with E-state index in [1.54, 1.807) is 18.3 Å². The van der Waals surface area contributed by atoms with E-state index in [9.17, 15) is 4.79 Å². The normalized spacial score (nSPS) is 12.7. The molecule has 0 spiro atoms. The average molecular weight is 920 g/mol. The molecule has 0 aromatic heterocycles.